The lowest BCUT2D eigenvalue weighted by Gasteiger charge is -2.22. The van der Waals surface area contributed by atoms with Crippen LogP contribution < -0.4 is 4.72 Å². The van der Waals surface area contributed by atoms with Crippen molar-refractivity contribution in [1.29, 1.82) is 0 Å². The maximum Gasteiger partial charge on any atom is 0.280 e. The highest BCUT2D eigenvalue weighted by Gasteiger charge is 2.36. The fraction of sp³-hybridized carbons (Fsp3) is 0.571. The summed E-state index contributed by atoms with van der Waals surface area (Å²) in [7, 11) is -3.54. The third-order valence-corrected chi connectivity index (χ3v) is 5.68. The Morgan fingerprint density at radius 1 is 1.48 bits per heavy atom. The summed E-state index contributed by atoms with van der Waals surface area (Å²) in [5.74, 6) is 1.47. The molecule has 0 aromatic carbocycles. The quantitative estimate of drug-likeness (QED) is 0.815. The second-order valence-electron chi connectivity index (χ2n) is 5.47. The molecule has 0 radical (unpaired) electrons. The van der Waals surface area contributed by atoms with Crippen molar-refractivity contribution in [2.24, 2.45) is 0 Å². The number of hydrogen-bond donors (Lipinski definition) is 1. The molecule has 1 aliphatic rings. The topological polar surface area (TPSA) is 93.3 Å². The van der Waals surface area contributed by atoms with Gasteiger partial charge in [0, 0.05) is 26.1 Å². The molecule has 1 atom stereocenters. The van der Waals surface area contributed by atoms with Crippen molar-refractivity contribution in [1.82, 2.24) is 23.8 Å². The van der Waals surface area contributed by atoms with E-state index in [4.69, 9.17) is 4.42 Å². The van der Waals surface area contributed by atoms with Gasteiger partial charge in [-0.25, -0.2) is 4.72 Å². The van der Waals surface area contributed by atoms with Crippen LogP contribution in [0.25, 0.3) is 0 Å². The van der Waals surface area contributed by atoms with Crippen LogP contribution in [0.15, 0.2) is 29.1 Å². The number of hydrogen-bond acceptors (Lipinski definition) is 5. The van der Waals surface area contributed by atoms with Crippen LogP contribution in [0.5, 0.6) is 0 Å². The first-order chi connectivity index (χ1) is 11.1. The predicted octanol–water partition coefficient (Wildman–Crippen LogP) is 1.11. The lowest BCUT2D eigenvalue weighted by molar-refractivity contribution is 0.335. The maximum absolute atomic E-state index is 12.6. The van der Waals surface area contributed by atoms with Crippen LogP contribution in [0.1, 0.15) is 37.4 Å². The summed E-state index contributed by atoms with van der Waals surface area (Å²) in [5, 5.41) is 7.85. The summed E-state index contributed by atoms with van der Waals surface area (Å²) in [6.07, 6.45) is 5.34. The minimum Gasteiger partial charge on any atom is -0.468 e. The molecule has 0 spiro atoms. The molecule has 0 amide bonds. The van der Waals surface area contributed by atoms with Crippen molar-refractivity contribution in [3.8, 4) is 0 Å². The Morgan fingerprint density at radius 3 is 3.09 bits per heavy atom. The molecular formula is C14H21N5O3S. The Kier molecular flexibility index (Phi) is 4.79. The monoisotopic (exact) mass is 339 g/mol. The van der Waals surface area contributed by atoms with E-state index < -0.39 is 10.2 Å². The molecule has 23 heavy (non-hydrogen) atoms. The van der Waals surface area contributed by atoms with Crippen molar-refractivity contribution in [3.05, 3.63) is 36.3 Å². The predicted molar refractivity (Wildman–Crippen MR) is 83.7 cm³/mol. The second kappa shape index (κ2) is 6.81. The average Bonchev–Trinajstić information content (AvgIpc) is 3.27. The van der Waals surface area contributed by atoms with Crippen molar-refractivity contribution >= 4 is 10.2 Å². The molecule has 126 valence electrons. The number of furan rings is 1. The Morgan fingerprint density at radius 2 is 2.35 bits per heavy atom. The summed E-state index contributed by atoms with van der Waals surface area (Å²) >= 11 is 0. The molecule has 0 saturated carbocycles. The Bertz CT molecular complexity index is 725. The number of rotatable bonds is 7. The Hall–Kier alpha value is -1.71. The highest BCUT2D eigenvalue weighted by Crippen LogP contribution is 2.33. The van der Waals surface area contributed by atoms with Crippen molar-refractivity contribution in [3.63, 3.8) is 0 Å². The van der Waals surface area contributed by atoms with E-state index >= 15 is 0 Å². The summed E-state index contributed by atoms with van der Waals surface area (Å²) in [6.45, 7) is 3.56. The molecule has 2 aromatic heterocycles. The van der Waals surface area contributed by atoms with Crippen LogP contribution in [-0.4, -0.2) is 40.6 Å². The smallest absolute Gasteiger partial charge is 0.280 e. The number of aryl methyl sites for hydroxylation is 1. The van der Waals surface area contributed by atoms with Gasteiger partial charge < -0.3 is 8.98 Å². The van der Waals surface area contributed by atoms with E-state index in [-0.39, 0.29) is 6.04 Å². The number of aromatic nitrogens is 3. The highest BCUT2D eigenvalue weighted by atomic mass is 32.2. The SMILES string of the molecule is CCn1cnnc1CCNS(=O)(=O)N1CCC[C@H]1c1ccco1. The van der Waals surface area contributed by atoms with E-state index in [2.05, 4.69) is 14.9 Å². The van der Waals surface area contributed by atoms with Crippen LogP contribution in [0.2, 0.25) is 0 Å². The van der Waals surface area contributed by atoms with Gasteiger partial charge in [0.05, 0.1) is 12.3 Å². The van der Waals surface area contributed by atoms with Gasteiger partial charge in [0.25, 0.3) is 10.2 Å². The molecule has 9 heteroatoms. The average molecular weight is 339 g/mol. The number of nitrogens with one attached hydrogen (secondary N) is 1. The molecule has 1 fully saturated rings. The van der Waals surface area contributed by atoms with E-state index in [9.17, 15) is 8.42 Å². The van der Waals surface area contributed by atoms with E-state index in [0.717, 1.165) is 25.2 Å². The molecule has 1 aliphatic heterocycles. The molecule has 0 bridgehead atoms. The second-order valence-corrected chi connectivity index (χ2v) is 7.17. The van der Waals surface area contributed by atoms with Gasteiger partial charge in [-0.15, -0.1) is 10.2 Å². The normalized spacial score (nSPS) is 19.4. The third kappa shape index (κ3) is 3.46. The standard InChI is InChI=1S/C14H21N5O3S/c1-2-18-11-15-17-14(18)7-8-16-23(20,21)19-9-3-5-12(19)13-6-4-10-22-13/h4,6,10-12,16H,2-3,5,7-9H2,1H3/t12-/m0/s1. The van der Waals surface area contributed by atoms with Crippen molar-refractivity contribution in [2.75, 3.05) is 13.1 Å². The molecule has 2 aromatic rings. The first-order valence-electron chi connectivity index (χ1n) is 7.78. The van der Waals surface area contributed by atoms with E-state index in [1.165, 1.54) is 4.31 Å². The van der Waals surface area contributed by atoms with Crippen LogP contribution in [-0.2, 0) is 23.2 Å². The van der Waals surface area contributed by atoms with Gasteiger partial charge >= 0.3 is 0 Å². The van der Waals surface area contributed by atoms with Gasteiger partial charge in [0.2, 0.25) is 0 Å². The van der Waals surface area contributed by atoms with Crippen LogP contribution in [0, 0.1) is 0 Å². The van der Waals surface area contributed by atoms with E-state index in [1.54, 1.807) is 18.7 Å². The molecule has 1 saturated heterocycles. The molecule has 3 rings (SSSR count). The molecule has 0 aliphatic carbocycles. The molecule has 3 heterocycles. The van der Waals surface area contributed by atoms with E-state index in [0.29, 0.717) is 25.3 Å². The summed E-state index contributed by atoms with van der Waals surface area (Å²) in [6, 6.07) is 3.38. The lowest BCUT2D eigenvalue weighted by Crippen LogP contribution is -2.41. The summed E-state index contributed by atoms with van der Waals surface area (Å²) in [4.78, 5) is 0. The molecule has 0 unspecified atom stereocenters. The molecule has 1 N–H and O–H groups in total. The van der Waals surface area contributed by atoms with E-state index in [1.807, 2.05) is 17.6 Å². The zero-order valence-corrected chi connectivity index (χ0v) is 13.9. The van der Waals surface area contributed by atoms with Crippen molar-refractivity contribution < 1.29 is 12.8 Å². The van der Waals surface area contributed by atoms with Gasteiger partial charge in [-0.1, -0.05) is 0 Å². The van der Waals surface area contributed by atoms with Gasteiger partial charge in [-0.05, 0) is 31.9 Å². The minimum atomic E-state index is -3.54. The largest absolute Gasteiger partial charge is 0.468 e. The first-order valence-corrected chi connectivity index (χ1v) is 9.22. The Balaban J connectivity index is 1.62. The number of nitrogens with zero attached hydrogens (tertiary/aromatic N) is 4. The molecule has 8 nitrogen and oxygen atoms in total. The van der Waals surface area contributed by atoms with Crippen LogP contribution >= 0.6 is 0 Å². The first kappa shape index (κ1) is 16.2. The van der Waals surface area contributed by atoms with Crippen LogP contribution in [0.3, 0.4) is 0 Å². The van der Waals surface area contributed by atoms with Crippen molar-refractivity contribution in [2.45, 2.75) is 38.8 Å². The van der Waals surface area contributed by atoms with Gasteiger partial charge in [-0.2, -0.15) is 12.7 Å². The Labute approximate surface area is 135 Å². The van der Waals surface area contributed by atoms with Crippen LogP contribution in [0.4, 0.5) is 0 Å². The maximum atomic E-state index is 12.6. The third-order valence-electron chi connectivity index (χ3n) is 4.05. The summed E-state index contributed by atoms with van der Waals surface area (Å²) in [5.41, 5.74) is 0. The highest BCUT2D eigenvalue weighted by molar-refractivity contribution is 7.87. The van der Waals surface area contributed by atoms with Gasteiger partial charge in [0.1, 0.15) is 17.9 Å². The minimum absolute atomic E-state index is 0.221. The fourth-order valence-electron chi connectivity index (χ4n) is 2.90. The van der Waals surface area contributed by atoms with Gasteiger partial charge in [0.15, 0.2) is 0 Å². The lowest BCUT2D eigenvalue weighted by atomic mass is 10.2. The molecular weight excluding hydrogens is 318 g/mol. The zero-order valence-electron chi connectivity index (χ0n) is 13.1. The fourth-order valence-corrected chi connectivity index (χ4v) is 4.34. The van der Waals surface area contributed by atoms with Gasteiger partial charge in [-0.3, -0.25) is 0 Å². The zero-order chi connectivity index (χ0) is 16.3. The summed E-state index contributed by atoms with van der Waals surface area (Å²) < 4.78 is 36.5.